The molecule has 1 heterocycles. The minimum Gasteiger partial charge on any atom is -0.479 e. The minimum atomic E-state index is -1.04. The van der Waals surface area contributed by atoms with Crippen molar-refractivity contribution in [2.75, 3.05) is 13.2 Å². The molecule has 5 rings (SSSR count). The molecule has 1 aliphatic heterocycles. The number of hydrogen-bond donors (Lipinski definition) is 2. The Morgan fingerprint density at radius 3 is 2.31 bits per heavy atom. The van der Waals surface area contributed by atoms with Crippen LogP contribution in [0.25, 0.3) is 11.1 Å². The Morgan fingerprint density at radius 1 is 1.09 bits per heavy atom. The van der Waals surface area contributed by atoms with Gasteiger partial charge in [-0.3, -0.25) is 4.79 Å². The lowest BCUT2D eigenvalue weighted by molar-refractivity contribution is -0.154. The number of carbonyl (C=O) groups is 3. The van der Waals surface area contributed by atoms with E-state index in [0.29, 0.717) is 13.0 Å². The van der Waals surface area contributed by atoms with E-state index in [1.165, 1.54) is 4.90 Å². The molecular weight excluding hydrogens is 444 g/mol. The Labute approximate surface area is 205 Å². The predicted molar refractivity (Wildman–Crippen MR) is 131 cm³/mol. The van der Waals surface area contributed by atoms with Gasteiger partial charge < -0.3 is 20.1 Å². The molecule has 35 heavy (non-hydrogen) atoms. The van der Waals surface area contributed by atoms with Gasteiger partial charge in [0.2, 0.25) is 5.91 Å². The fourth-order valence-electron chi connectivity index (χ4n) is 5.95. The number of carboxylic acids is 1. The quantitative estimate of drug-likeness (QED) is 0.617. The molecule has 3 unspecified atom stereocenters. The first-order chi connectivity index (χ1) is 16.8. The Bertz CT molecular complexity index is 1120. The molecule has 1 saturated heterocycles. The second-order valence-electron chi connectivity index (χ2n) is 10.3. The number of carbonyl (C=O) groups excluding carboxylic acids is 2. The van der Waals surface area contributed by atoms with Crippen LogP contribution >= 0.6 is 0 Å². The van der Waals surface area contributed by atoms with Crippen LogP contribution in [-0.4, -0.2) is 52.7 Å². The van der Waals surface area contributed by atoms with Crippen molar-refractivity contribution in [3.63, 3.8) is 0 Å². The monoisotopic (exact) mass is 476 g/mol. The average molecular weight is 477 g/mol. The van der Waals surface area contributed by atoms with E-state index in [1.807, 2.05) is 38.1 Å². The van der Waals surface area contributed by atoms with Crippen molar-refractivity contribution >= 4 is 18.0 Å². The van der Waals surface area contributed by atoms with Gasteiger partial charge in [-0.25, -0.2) is 9.59 Å². The van der Waals surface area contributed by atoms with Crippen molar-refractivity contribution < 1.29 is 24.2 Å². The van der Waals surface area contributed by atoms with Crippen molar-refractivity contribution in [3.05, 3.63) is 59.7 Å². The van der Waals surface area contributed by atoms with E-state index in [9.17, 15) is 19.5 Å². The van der Waals surface area contributed by atoms with E-state index < -0.39 is 23.6 Å². The van der Waals surface area contributed by atoms with E-state index in [-0.39, 0.29) is 36.7 Å². The summed E-state index contributed by atoms with van der Waals surface area (Å²) in [6.07, 6.45) is 1.69. The first-order valence-electron chi connectivity index (χ1n) is 12.5. The lowest BCUT2D eigenvalue weighted by Gasteiger charge is -2.35. The standard InChI is InChI=1S/C28H32N2O5/c1-17(2)24(14-25(31)30-13-7-8-18-15-28(18,30)26(32)33)29-27(34)35-16-23-21-11-5-3-9-19(21)20-10-4-6-12-22(20)23/h3-6,9-12,17-18,23-24H,7-8,13-16H2,1-2H3,(H,29,34)(H,32,33). The zero-order chi connectivity index (χ0) is 24.7. The fraction of sp³-hybridized carbons (Fsp3) is 0.464. The van der Waals surface area contributed by atoms with Crippen molar-refractivity contribution in [1.82, 2.24) is 10.2 Å². The van der Waals surface area contributed by atoms with Crippen molar-refractivity contribution in [2.24, 2.45) is 11.8 Å². The van der Waals surface area contributed by atoms with Crippen LogP contribution in [0.5, 0.6) is 0 Å². The van der Waals surface area contributed by atoms with Gasteiger partial charge in [-0.1, -0.05) is 62.4 Å². The van der Waals surface area contributed by atoms with Gasteiger partial charge in [0.05, 0.1) is 0 Å². The first-order valence-corrected chi connectivity index (χ1v) is 12.5. The molecule has 2 aromatic rings. The molecular formula is C28H32N2O5. The highest BCUT2D eigenvalue weighted by Gasteiger charge is 2.66. The number of benzene rings is 2. The summed E-state index contributed by atoms with van der Waals surface area (Å²) in [4.78, 5) is 39.4. The third-order valence-corrected chi connectivity index (χ3v) is 8.01. The van der Waals surface area contributed by atoms with Crippen LogP contribution in [0.3, 0.4) is 0 Å². The Morgan fingerprint density at radius 2 is 1.71 bits per heavy atom. The molecule has 2 fully saturated rings. The topological polar surface area (TPSA) is 95.9 Å². The molecule has 0 aromatic heterocycles. The largest absolute Gasteiger partial charge is 0.479 e. The van der Waals surface area contributed by atoms with Gasteiger partial charge in [-0.2, -0.15) is 0 Å². The van der Waals surface area contributed by atoms with Crippen molar-refractivity contribution in [3.8, 4) is 11.1 Å². The maximum atomic E-state index is 13.2. The number of likely N-dealkylation sites (tertiary alicyclic amines) is 1. The second-order valence-corrected chi connectivity index (χ2v) is 10.3. The fourth-order valence-corrected chi connectivity index (χ4v) is 5.95. The van der Waals surface area contributed by atoms with Gasteiger partial charge in [0.25, 0.3) is 0 Å². The number of fused-ring (bicyclic) bond motifs is 4. The number of nitrogens with zero attached hydrogens (tertiary/aromatic N) is 1. The Balaban J connectivity index is 1.23. The van der Waals surface area contributed by atoms with Gasteiger partial charge in [-0.05, 0) is 53.4 Å². The van der Waals surface area contributed by atoms with Crippen molar-refractivity contribution in [2.45, 2.75) is 57.0 Å². The molecule has 1 saturated carbocycles. The molecule has 3 atom stereocenters. The molecule has 0 radical (unpaired) electrons. The summed E-state index contributed by atoms with van der Waals surface area (Å²) in [5, 5.41) is 12.6. The Hall–Kier alpha value is -3.35. The summed E-state index contributed by atoms with van der Waals surface area (Å²) in [5.74, 6) is -1.14. The molecule has 0 bridgehead atoms. The zero-order valence-electron chi connectivity index (χ0n) is 20.2. The van der Waals surface area contributed by atoms with Crippen molar-refractivity contribution in [1.29, 1.82) is 0 Å². The molecule has 2 aliphatic carbocycles. The van der Waals surface area contributed by atoms with Gasteiger partial charge in [0, 0.05) is 24.9 Å². The predicted octanol–water partition coefficient (Wildman–Crippen LogP) is 4.41. The summed E-state index contributed by atoms with van der Waals surface area (Å²) >= 11 is 0. The lowest BCUT2D eigenvalue weighted by atomic mass is 9.97. The van der Waals surface area contributed by atoms with Crippen LogP contribution in [0.2, 0.25) is 0 Å². The smallest absolute Gasteiger partial charge is 0.407 e. The molecule has 2 N–H and O–H groups in total. The molecule has 184 valence electrons. The highest BCUT2D eigenvalue weighted by atomic mass is 16.5. The van der Waals surface area contributed by atoms with E-state index in [0.717, 1.165) is 35.1 Å². The number of aliphatic carboxylic acids is 1. The number of amides is 2. The second kappa shape index (κ2) is 9.02. The number of carboxylic acid groups (broad SMARTS) is 1. The summed E-state index contributed by atoms with van der Waals surface area (Å²) in [7, 11) is 0. The lowest BCUT2D eigenvalue weighted by Crippen LogP contribution is -2.53. The van der Waals surface area contributed by atoms with E-state index in [4.69, 9.17) is 4.74 Å². The van der Waals surface area contributed by atoms with Gasteiger partial charge >= 0.3 is 12.1 Å². The van der Waals surface area contributed by atoms with Crippen LogP contribution < -0.4 is 5.32 Å². The molecule has 2 aromatic carbocycles. The SMILES string of the molecule is CC(C)C(CC(=O)N1CCCC2CC21C(=O)O)NC(=O)OCC1c2ccccc2-c2ccccc21. The Kier molecular flexibility index (Phi) is 6.03. The number of piperidine rings is 1. The van der Waals surface area contributed by atoms with Crippen LogP contribution in [0.15, 0.2) is 48.5 Å². The molecule has 0 spiro atoms. The highest BCUT2D eigenvalue weighted by molar-refractivity contribution is 5.91. The normalized spacial score (nSPS) is 23.2. The van der Waals surface area contributed by atoms with Gasteiger partial charge in [0.1, 0.15) is 12.1 Å². The van der Waals surface area contributed by atoms with E-state index in [1.54, 1.807) is 0 Å². The molecule has 7 nitrogen and oxygen atoms in total. The third-order valence-electron chi connectivity index (χ3n) is 8.01. The maximum absolute atomic E-state index is 13.2. The molecule has 7 heteroatoms. The number of ether oxygens (including phenoxy) is 1. The maximum Gasteiger partial charge on any atom is 0.407 e. The molecule has 2 amide bonds. The third kappa shape index (κ3) is 4.07. The zero-order valence-corrected chi connectivity index (χ0v) is 20.2. The van der Waals surface area contributed by atoms with Crippen LogP contribution in [0, 0.1) is 11.8 Å². The number of nitrogens with one attached hydrogen (secondary N) is 1. The summed E-state index contributed by atoms with van der Waals surface area (Å²) in [5.41, 5.74) is 3.56. The highest BCUT2D eigenvalue weighted by Crippen LogP contribution is 2.54. The summed E-state index contributed by atoms with van der Waals surface area (Å²) < 4.78 is 5.67. The van der Waals surface area contributed by atoms with Crippen LogP contribution in [0.4, 0.5) is 4.79 Å². The van der Waals surface area contributed by atoms with Crippen LogP contribution in [-0.2, 0) is 14.3 Å². The minimum absolute atomic E-state index is 0.0139. The van der Waals surface area contributed by atoms with Gasteiger partial charge in [0.15, 0.2) is 0 Å². The number of hydrogen-bond acceptors (Lipinski definition) is 4. The summed E-state index contributed by atoms with van der Waals surface area (Å²) in [6, 6.07) is 15.9. The average Bonchev–Trinajstić information content (AvgIpc) is 3.53. The van der Waals surface area contributed by atoms with Crippen LogP contribution in [0.1, 0.15) is 56.6 Å². The molecule has 3 aliphatic rings. The number of alkyl carbamates (subject to hydrolysis) is 1. The first kappa shape index (κ1) is 23.4. The summed E-state index contributed by atoms with van der Waals surface area (Å²) in [6.45, 7) is 4.53. The van der Waals surface area contributed by atoms with E-state index in [2.05, 4.69) is 29.6 Å². The van der Waals surface area contributed by atoms with E-state index >= 15 is 0 Å². The number of rotatable bonds is 7. The van der Waals surface area contributed by atoms with Gasteiger partial charge in [-0.15, -0.1) is 0 Å².